The maximum atomic E-state index is 14.0. The Morgan fingerprint density at radius 1 is 1.25 bits per heavy atom. The van der Waals surface area contributed by atoms with Gasteiger partial charge in [0.15, 0.2) is 5.75 Å². The molecule has 1 amide bonds. The molecule has 36 heavy (non-hydrogen) atoms. The van der Waals surface area contributed by atoms with Crippen molar-refractivity contribution in [1.82, 2.24) is 9.88 Å². The zero-order valence-corrected chi connectivity index (χ0v) is 19.6. The first-order valence-electron chi connectivity index (χ1n) is 11.6. The van der Waals surface area contributed by atoms with E-state index in [2.05, 4.69) is 4.98 Å². The van der Waals surface area contributed by atoms with E-state index in [1.54, 1.807) is 12.1 Å². The Balaban J connectivity index is 1.30. The van der Waals surface area contributed by atoms with Crippen molar-refractivity contribution < 1.29 is 36.9 Å². The molecule has 3 heterocycles. The lowest BCUT2D eigenvalue weighted by Gasteiger charge is -2.42. The van der Waals surface area contributed by atoms with Crippen LogP contribution in [-0.4, -0.2) is 75.9 Å². The number of aromatic nitrogens is 1. The molecule has 0 spiro atoms. The van der Waals surface area contributed by atoms with Crippen LogP contribution < -0.4 is 9.47 Å². The molecule has 4 radical (unpaired) electrons. The molecule has 3 aliphatic rings. The summed E-state index contributed by atoms with van der Waals surface area (Å²) in [5, 5.41) is 0. The fourth-order valence-electron chi connectivity index (χ4n) is 5.08. The number of carbonyl (C=O) groups is 1. The van der Waals surface area contributed by atoms with Gasteiger partial charge < -0.3 is 23.8 Å². The monoisotopic (exact) mass is 498 g/mol. The fraction of sp³-hybridized carbons (Fsp3) is 0.500. The number of hydrogen-bond donors (Lipinski definition) is 0. The first kappa shape index (κ1) is 25.0. The van der Waals surface area contributed by atoms with E-state index in [1.807, 2.05) is 0 Å². The van der Waals surface area contributed by atoms with E-state index in [0.717, 1.165) is 0 Å². The zero-order chi connectivity index (χ0) is 25.7. The van der Waals surface area contributed by atoms with Crippen LogP contribution in [0.3, 0.4) is 0 Å². The zero-order valence-electron chi connectivity index (χ0n) is 19.6. The summed E-state index contributed by atoms with van der Waals surface area (Å²) >= 11 is 0. The summed E-state index contributed by atoms with van der Waals surface area (Å²) in [5.41, 5.74) is -2.41. The van der Waals surface area contributed by atoms with E-state index in [1.165, 1.54) is 36.3 Å². The molecule has 7 nitrogen and oxygen atoms in total. The maximum absolute atomic E-state index is 14.0. The molecule has 2 aromatic rings. The van der Waals surface area contributed by atoms with Gasteiger partial charge >= 0.3 is 0 Å². The van der Waals surface area contributed by atoms with Gasteiger partial charge in [0.1, 0.15) is 38.9 Å². The number of fused-ring (bicyclic) bond motifs is 1. The summed E-state index contributed by atoms with van der Waals surface area (Å²) in [4.78, 5) is 19.1. The number of methoxy groups -OCH3 is 1. The van der Waals surface area contributed by atoms with E-state index in [4.69, 9.17) is 34.6 Å². The molecule has 1 aliphatic carbocycles. The molecule has 2 saturated heterocycles. The lowest BCUT2D eigenvalue weighted by atomic mass is 9.76. The molecule has 1 aromatic heterocycles. The number of piperidine rings is 1. The quantitative estimate of drug-likeness (QED) is 0.571. The number of ether oxygens (including phenoxy) is 4. The summed E-state index contributed by atoms with van der Waals surface area (Å²) in [6.07, 6.45) is -0.929. The average Bonchev–Trinajstić information content (AvgIpc) is 3.11. The van der Waals surface area contributed by atoms with Crippen molar-refractivity contribution in [3.8, 4) is 11.6 Å². The highest BCUT2D eigenvalue weighted by atomic mass is 19.3. The van der Waals surface area contributed by atoms with Crippen molar-refractivity contribution in [3.05, 3.63) is 53.5 Å². The number of halogens is 3. The Hall–Kier alpha value is -2.72. The van der Waals surface area contributed by atoms with Crippen LogP contribution in [0.4, 0.5) is 13.2 Å². The third-order valence-electron chi connectivity index (χ3n) is 6.82. The van der Waals surface area contributed by atoms with Crippen LogP contribution in [-0.2, 0) is 15.1 Å². The number of pyridine rings is 1. The standard InChI is InChI=1S/C24H23B2F3N2O5/c1-33-20-18(34-13-14-10-22(28,29)11-14)6-5-17(30-20)21(32)31-8-7-23(15-3-2-4-16(27)9-15)19(12-31)35-24(25,26)36-23/h2-6,9,14,19H,7-8,10-13H2,1H3. The molecule has 5 rings (SSSR count). The van der Waals surface area contributed by atoms with Gasteiger partial charge in [-0.2, -0.15) is 0 Å². The molecular formula is C24H23B2F3N2O5. The summed E-state index contributed by atoms with van der Waals surface area (Å²) in [5.74, 6) is -3.39. The summed E-state index contributed by atoms with van der Waals surface area (Å²) in [6.45, 7) is 0.418. The van der Waals surface area contributed by atoms with E-state index >= 15 is 0 Å². The van der Waals surface area contributed by atoms with Crippen LogP contribution >= 0.6 is 0 Å². The number of benzene rings is 1. The molecule has 186 valence electrons. The van der Waals surface area contributed by atoms with Gasteiger partial charge in [-0.05, 0) is 29.8 Å². The van der Waals surface area contributed by atoms with Crippen molar-refractivity contribution in [2.24, 2.45) is 5.92 Å². The van der Waals surface area contributed by atoms with Gasteiger partial charge in [0.2, 0.25) is 5.92 Å². The molecule has 12 heteroatoms. The van der Waals surface area contributed by atoms with Crippen LogP contribution in [0.25, 0.3) is 0 Å². The lowest BCUT2D eigenvalue weighted by molar-refractivity contribution is -0.119. The van der Waals surface area contributed by atoms with Gasteiger partial charge in [0.25, 0.3) is 11.8 Å². The van der Waals surface area contributed by atoms with Gasteiger partial charge in [-0.1, -0.05) is 12.1 Å². The number of nitrogens with zero attached hydrogens (tertiary/aromatic N) is 2. The highest BCUT2D eigenvalue weighted by Gasteiger charge is 2.56. The number of alkyl halides is 2. The predicted octanol–water partition coefficient (Wildman–Crippen LogP) is 2.76. The number of amides is 1. The first-order valence-corrected chi connectivity index (χ1v) is 11.6. The second-order valence-electron chi connectivity index (χ2n) is 9.48. The highest BCUT2D eigenvalue weighted by Crippen LogP contribution is 2.47. The van der Waals surface area contributed by atoms with Crippen molar-refractivity contribution >= 4 is 21.6 Å². The minimum Gasteiger partial charge on any atom is -0.488 e. The van der Waals surface area contributed by atoms with Crippen molar-refractivity contribution in [1.29, 1.82) is 0 Å². The van der Waals surface area contributed by atoms with E-state index in [0.29, 0.717) is 5.56 Å². The average molecular weight is 498 g/mol. The molecule has 1 aromatic carbocycles. The number of likely N-dealkylation sites (tertiary alicyclic amines) is 1. The maximum Gasteiger partial charge on any atom is 0.272 e. The summed E-state index contributed by atoms with van der Waals surface area (Å²) in [6, 6.07) is 8.92. The van der Waals surface area contributed by atoms with Crippen LogP contribution in [0.15, 0.2) is 36.4 Å². The number of hydrogen-bond acceptors (Lipinski definition) is 6. The van der Waals surface area contributed by atoms with Crippen molar-refractivity contribution in [3.63, 3.8) is 0 Å². The lowest BCUT2D eigenvalue weighted by Crippen LogP contribution is -2.53. The molecule has 3 fully saturated rings. The van der Waals surface area contributed by atoms with Crippen molar-refractivity contribution in [2.75, 3.05) is 26.8 Å². The normalized spacial score (nSPS) is 26.7. The SMILES string of the molecule is [B]C1([B])OC2CN(C(=O)c3ccc(OCC4CC(F)(F)C4)c(OC)n3)CCC2(c2cccc(F)c2)O1. The second kappa shape index (κ2) is 8.99. The Bertz CT molecular complexity index is 1160. The minimum atomic E-state index is -2.63. The smallest absolute Gasteiger partial charge is 0.272 e. The third-order valence-corrected chi connectivity index (χ3v) is 6.82. The Kier molecular flexibility index (Phi) is 6.23. The van der Waals surface area contributed by atoms with Crippen LogP contribution in [0.1, 0.15) is 35.3 Å². The molecular weight excluding hydrogens is 475 g/mol. The predicted molar refractivity (Wildman–Crippen MR) is 123 cm³/mol. The molecule has 0 bridgehead atoms. The Labute approximate surface area is 209 Å². The van der Waals surface area contributed by atoms with Crippen LogP contribution in [0, 0.1) is 11.7 Å². The number of rotatable bonds is 6. The van der Waals surface area contributed by atoms with Gasteiger partial charge in [-0.15, -0.1) is 0 Å². The summed E-state index contributed by atoms with van der Waals surface area (Å²) in [7, 11) is 13.2. The van der Waals surface area contributed by atoms with Crippen molar-refractivity contribution in [2.45, 2.75) is 42.5 Å². The number of carbonyl (C=O) groups excluding carboxylic acids is 1. The Morgan fingerprint density at radius 2 is 2.03 bits per heavy atom. The first-order chi connectivity index (χ1) is 17.0. The fourth-order valence-corrected chi connectivity index (χ4v) is 5.08. The van der Waals surface area contributed by atoms with E-state index in [9.17, 15) is 18.0 Å². The second-order valence-corrected chi connectivity index (χ2v) is 9.48. The van der Waals surface area contributed by atoms with Gasteiger partial charge in [-0.25, -0.2) is 18.2 Å². The Morgan fingerprint density at radius 3 is 2.72 bits per heavy atom. The van der Waals surface area contributed by atoms with Gasteiger partial charge in [0.05, 0.1) is 25.8 Å². The van der Waals surface area contributed by atoms with Crippen LogP contribution in [0.2, 0.25) is 0 Å². The molecule has 2 aliphatic heterocycles. The molecule has 1 saturated carbocycles. The van der Waals surface area contributed by atoms with E-state index in [-0.39, 0.29) is 62.2 Å². The molecule has 0 N–H and O–H groups in total. The minimum absolute atomic E-state index is 0.0708. The molecule has 2 atom stereocenters. The van der Waals surface area contributed by atoms with Gasteiger partial charge in [0, 0.05) is 31.7 Å². The highest BCUT2D eigenvalue weighted by molar-refractivity contribution is 6.38. The topological polar surface area (TPSA) is 70.1 Å². The van der Waals surface area contributed by atoms with E-state index < -0.39 is 34.9 Å². The largest absolute Gasteiger partial charge is 0.488 e. The van der Waals surface area contributed by atoms with Crippen LogP contribution in [0.5, 0.6) is 11.6 Å². The third kappa shape index (κ3) is 4.68. The van der Waals surface area contributed by atoms with Gasteiger partial charge in [-0.3, -0.25) is 4.79 Å². The molecule has 2 unspecified atom stereocenters. The summed E-state index contributed by atoms with van der Waals surface area (Å²) < 4.78 is 62.5.